The van der Waals surface area contributed by atoms with Gasteiger partial charge in [0.2, 0.25) is 0 Å². The average Bonchev–Trinajstić information content (AvgIpc) is 3.06. The van der Waals surface area contributed by atoms with E-state index in [4.69, 9.17) is 4.74 Å². The molecule has 0 aromatic carbocycles. The summed E-state index contributed by atoms with van der Waals surface area (Å²) in [6, 6.07) is 1.33. The molecule has 2 aliphatic heterocycles. The first-order chi connectivity index (χ1) is 7.23. The van der Waals surface area contributed by atoms with Crippen LogP contribution in [-0.4, -0.2) is 48.8 Å². The number of nitrogens with one attached hydrogen (secondary N) is 1. The molecule has 1 saturated carbocycles. The normalized spacial score (nSPS) is 44.8. The van der Waals surface area contributed by atoms with Crippen molar-refractivity contribution >= 4 is 0 Å². The predicted octanol–water partition coefficient (Wildman–Crippen LogP) is 0.848. The lowest BCUT2D eigenvalue weighted by Gasteiger charge is -2.42. The molecule has 3 fully saturated rings. The fraction of sp³-hybridized carbons (Fsp3) is 1.00. The number of nitrogens with zero attached hydrogens (tertiary/aromatic N) is 1. The summed E-state index contributed by atoms with van der Waals surface area (Å²) >= 11 is 0. The SMILES string of the molecule is C[C@@H]1CNC2(CC2)C2COCCN2[C@@H]1C. The second kappa shape index (κ2) is 3.44. The van der Waals surface area contributed by atoms with E-state index in [2.05, 4.69) is 24.1 Å². The minimum absolute atomic E-state index is 0.416. The average molecular weight is 210 g/mol. The third-order valence-electron chi connectivity index (χ3n) is 4.72. The molecular weight excluding hydrogens is 188 g/mol. The summed E-state index contributed by atoms with van der Waals surface area (Å²) in [7, 11) is 0. The Morgan fingerprint density at radius 2 is 2.13 bits per heavy atom. The highest BCUT2D eigenvalue weighted by molar-refractivity contribution is 5.14. The summed E-state index contributed by atoms with van der Waals surface area (Å²) in [4.78, 5) is 2.70. The van der Waals surface area contributed by atoms with Crippen molar-refractivity contribution in [2.75, 3.05) is 26.3 Å². The van der Waals surface area contributed by atoms with Crippen molar-refractivity contribution in [2.45, 2.75) is 44.3 Å². The van der Waals surface area contributed by atoms with E-state index in [1.54, 1.807) is 0 Å². The molecule has 3 nitrogen and oxygen atoms in total. The molecule has 0 aromatic heterocycles. The van der Waals surface area contributed by atoms with Crippen molar-refractivity contribution < 1.29 is 4.74 Å². The van der Waals surface area contributed by atoms with Crippen LogP contribution in [0.1, 0.15) is 26.7 Å². The van der Waals surface area contributed by atoms with Gasteiger partial charge in [-0.15, -0.1) is 0 Å². The van der Waals surface area contributed by atoms with Crippen LogP contribution in [0.3, 0.4) is 0 Å². The van der Waals surface area contributed by atoms with Crippen LogP contribution in [0.4, 0.5) is 0 Å². The molecule has 1 aliphatic carbocycles. The monoisotopic (exact) mass is 210 g/mol. The molecule has 3 atom stereocenters. The molecule has 1 unspecified atom stereocenters. The lowest BCUT2D eigenvalue weighted by atomic mass is 10.00. The Balaban J connectivity index is 1.87. The summed E-state index contributed by atoms with van der Waals surface area (Å²) in [6.45, 7) is 8.90. The van der Waals surface area contributed by atoms with Gasteiger partial charge in [-0.1, -0.05) is 6.92 Å². The zero-order chi connectivity index (χ0) is 10.5. The fourth-order valence-corrected chi connectivity index (χ4v) is 3.21. The first-order valence-corrected chi connectivity index (χ1v) is 6.31. The Kier molecular flexibility index (Phi) is 2.31. The van der Waals surface area contributed by atoms with E-state index in [1.807, 2.05) is 0 Å². The van der Waals surface area contributed by atoms with Gasteiger partial charge in [0, 0.05) is 18.1 Å². The Bertz CT molecular complexity index is 252. The fourth-order valence-electron chi connectivity index (χ4n) is 3.21. The number of hydrogen-bond acceptors (Lipinski definition) is 3. The van der Waals surface area contributed by atoms with Gasteiger partial charge in [-0.3, -0.25) is 4.90 Å². The Morgan fingerprint density at radius 3 is 2.87 bits per heavy atom. The molecule has 0 amide bonds. The summed E-state index contributed by atoms with van der Waals surface area (Å²) in [5, 5.41) is 3.79. The van der Waals surface area contributed by atoms with Crippen molar-refractivity contribution in [3.63, 3.8) is 0 Å². The zero-order valence-electron chi connectivity index (χ0n) is 9.83. The molecule has 0 bridgehead atoms. The van der Waals surface area contributed by atoms with Gasteiger partial charge in [0.05, 0.1) is 19.3 Å². The lowest BCUT2D eigenvalue weighted by Crippen LogP contribution is -2.57. The quantitative estimate of drug-likeness (QED) is 0.641. The lowest BCUT2D eigenvalue weighted by molar-refractivity contribution is -0.0408. The predicted molar refractivity (Wildman–Crippen MR) is 59.9 cm³/mol. The molecule has 86 valence electrons. The van der Waals surface area contributed by atoms with Crippen LogP contribution < -0.4 is 5.32 Å². The van der Waals surface area contributed by atoms with Crippen LogP contribution >= 0.6 is 0 Å². The van der Waals surface area contributed by atoms with Gasteiger partial charge in [0.1, 0.15) is 0 Å². The van der Waals surface area contributed by atoms with Crippen molar-refractivity contribution in [2.24, 2.45) is 5.92 Å². The van der Waals surface area contributed by atoms with Crippen molar-refractivity contribution in [3.05, 3.63) is 0 Å². The molecule has 1 spiro atoms. The second-order valence-corrected chi connectivity index (χ2v) is 5.58. The van der Waals surface area contributed by atoms with Crippen molar-refractivity contribution in [1.29, 1.82) is 0 Å². The zero-order valence-corrected chi connectivity index (χ0v) is 9.83. The first-order valence-electron chi connectivity index (χ1n) is 6.31. The molecule has 3 heteroatoms. The van der Waals surface area contributed by atoms with E-state index in [1.165, 1.54) is 19.4 Å². The molecule has 3 rings (SSSR count). The number of rotatable bonds is 0. The van der Waals surface area contributed by atoms with Crippen LogP contribution in [0.5, 0.6) is 0 Å². The Hall–Kier alpha value is -0.120. The van der Waals surface area contributed by atoms with Crippen molar-refractivity contribution in [3.8, 4) is 0 Å². The molecule has 2 saturated heterocycles. The molecule has 3 aliphatic rings. The van der Waals surface area contributed by atoms with Gasteiger partial charge < -0.3 is 10.1 Å². The van der Waals surface area contributed by atoms with Crippen LogP contribution in [0.25, 0.3) is 0 Å². The highest BCUT2D eigenvalue weighted by atomic mass is 16.5. The number of morpholine rings is 1. The van der Waals surface area contributed by atoms with Crippen LogP contribution in [0, 0.1) is 5.92 Å². The molecular formula is C12H22N2O. The van der Waals surface area contributed by atoms with E-state index in [9.17, 15) is 0 Å². The highest BCUT2D eigenvalue weighted by Crippen LogP contribution is 2.44. The molecule has 1 N–H and O–H groups in total. The van der Waals surface area contributed by atoms with Gasteiger partial charge >= 0.3 is 0 Å². The largest absolute Gasteiger partial charge is 0.378 e. The number of hydrogen-bond donors (Lipinski definition) is 1. The Morgan fingerprint density at radius 1 is 1.33 bits per heavy atom. The van der Waals surface area contributed by atoms with E-state index in [0.29, 0.717) is 17.6 Å². The maximum atomic E-state index is 5.67. The van der Waals surface area contributed by atoms with Gasteiger partial charge in [0.15, 0.2) is 0 Å². The number of fused-ring (bicyclic) bond motifs is 2. The van der Waals surface area contributed by atoms with Gasteiger partial charge in [-0.2, -0.15) is 0 Å². The standard InChI is InChI=1S/C12H22N2O/c1-9-7-13-12(3-4-12)11-8-15-6-5-14(11)10(9)2/h9-11,13H,3-8H2,1-2H3/t9-,10-,11?/m1/s1. The van der Waals surface area contributed by atoms with E-state index in [0.717, 1.165) is 25.7 Å². The minimum Gasteiger partial charge on any atom is -0.378 e. The first kappa shape index (κ1) is 10.1. The summed E-state index contributed by atoms with van der Waals surface area (Å²) < 4.78 is 5.67. The van der Waals surface area contributed by atoms with Crippen LogP contribution in [0.15, 0.2) is 0 Å². The number of ether oxygens (including phenoxy) is 1. The summed E-state index contributed by atoms with van der Waals surface area (Å²) in [5.74, 6) is 0.755. The van der Waals surface area contributed by atoms with Gasteiger partial charge in [0.25, 0.3) is 0 Å². The Labute approximate surface area is 92.2 Å². The van der Waals surface area contributed by atoms with E-state index >= 15 is 0 Å². The minimum atomic E-state index is 0.416. The second-order valence-electron chi connectivity index (χ2n) is 5.58. The van der Waals surface area contributed by atoms with Crippen molar-refractivity contribution in [1.82, 2.24) is 10.2 Å². The van der Waals surface area contributed by atoms with Gasteiger partial charge in [-0.05, 0) is 32.2 Å². The molecule has 0 aromatic rings. The molecule has 0 radical (unpaired) electrons. The molecule has 2 heterocycles. The third kappa shape index (κ3) is 1.52. The van der Waals surface area contributed by atoms with E-state index in [-0.39, 0.29) is 0 Å². The van der Waals surface area contributed by atoms with E-state index < -0.39 is 0 Å². The smallest absolute Gasteiger partial charge is 0.0640 e. The summed E-state index contributed by atoms with van der Waals surface area (Å²) in [6.07, 6.45) is 2.69. The maximum Gasteiger partial charge on any atom is 0.0640 e. The molecule has 15 heavy (non-hydrogen) atoms. The summed E-state index contributed by atoms with van der Waals surface area (Å²) in [5.41, 5.74) is 0.416. The van der Waals surface area contributed by atoms with Crippen LogP contribution in [-0.2, 0) is 4.74 Å². The highest BCUT2D eigenvalue weighted by Gasteiger charge is 2.54. The van der Waals surface area contributed by atoms with Crippen LogP contribution in [0.2, 0.25) is 0 Å². The maximum absolute atomic E-state index is 5.67. The topological polar surface area (TPSA) is 24.5 Å². The third-order valence-corrected chi connectivity index (χ3v) is 4.72. The van der Waals surface area contributed by atoms with Gasteiger partial charge in [-0.25, -0.2) is 0 Å².